The van der Waals surface area contributed by atoms with E-state index in [-0.39, 0.29) is 6.04 Å². The maximum atomic E-state index is 12.9. The van der Waals surface area contributed by atoms with Crippen LogP contribution in [0.1, 0.15) is 24.0 Å². The smallest absolute Gasteiger partial charge is 0.207 e. The number of thiophene rings is 1. The summed E-state index contributed by atoms with van der Waals surface area (Å²) in [5.74, 6) is 0.735. The minimum absolute atomic E-state index is 0.0159. The molecule has 1 N–H and O–H groups in total. The van der Waals surface area contributed by atoms with Crippen molar-refractivity contribution in [1.29, 1.82) is 0 Å². The number of hydrogen-bond acceptors (Lipinski definition) is 3. The lowest BCUT2D eigenvalue weighted by Crippen LogP contribution is -2.41. The zero-order valence-corrected chi connectivity index (χ0v) is 17.2. The van der Waals surface area contributed by atoms with E-state index >= 15 is 0 Å². The van der Waals surface area contributed by atoms with Crippen molar-refractivity contribution in [1.82, 2.24) is 4.72 Å². The summed E-state index contributed by atoms with van der Waals surface area (Å²) < 4.78 is 28.9. The summed E-state index contributed by atoms with van der Waals surface area (Å²) in [5, 5.41) is 4.29. The first-order valence-electron chi connectivity index (χ1n) is 9.82. The molecule has 1 aromatic heterocycles. The third kappa shape index (κ3) is 3.32. The van der Waals surface area contributed by atoms with E-state index in [0.29, 0.717) is 16.7 Å². The second-order valence-corrected chi connectivity index (χ2v) is 10.5. The van der Waals surface area contributed by atoms with Gasteiger partial charge in [-0.3, -0.25) is 0 Å². The third-order valence-electron chi connectivity index (χ3n) is 6.29. The van der Waals surface area contributed by atoms with Crippen LogP contribution in [-0.4, -0.2) is 14.5 Å². The second-order valence-electron chi connectivity index (χ2n) is 7.96. The van der Waals surface area contributed by atoms with Gasteiger partial charge in [0.2, 0.25) is 10.0 Å². The van der Waals surface area contributed by atoms with Gasteiger partial charge in [0, 0.05) is 6.04 Å². The summed E-state index contributed by atoms with van der Waals surface area (Å²) in [6.45, 7) is 0. The molecule has 1 saturated carbocycles. The third-order valence-corrected chi connectivity index (χ3v) is 8.45. The van der Waals surface area contributed by atoms with Crippen molar-refractivity contribution in [2.24, 2.45) is 11.8 Å². The van der Waals surface area contributed by atoms with Crippen LogP contribution >= 0.6 is 11.3 Å². The number of sulfonamides is 1. The summed E-state index contributed by atoms with van der Waals surface area (Å²) in [4.78, 5) is 0.357. The summed E-state index contributed by atoms with van der Waals surface area (Å²) in [6.07, 6.45) is 4.09. The molecule has 3 nitrogen and oxygen atoms in total. The molecule has 1 heterocycles. The van der Waals surface area contributed by atoms with Crippen LogP contribution in [0.2, 0.25) is 0 Å². The van der Waals surface area contributed by atoms with E-state index in [1.165, 1.54) is 22.3 Å². The second kappa shape index (κ2) is 7.14. The first-order chi connectivity index (χ1) is 13.6. The van der Waals surface area contributed by atoms with Crippen LogP contribution in [0.15, 0.2) is 70.3 Å². The summed E-state index contributed by atoms with van der Waals surface area (Å²) in [5.41, 5.74) is 5.30. The quantitative estimate of drug-likeness (QED) is 0.667. The maximum absolute atomic E-state index is 12.9. The molecule has 2 aromatic carbocycles. The first kappa shape index (κ1) is 18.1. The lowest BCUT2D eigenvalue weighted by molar-refractivity contribution is 0.386. The van der Waals surface area contributed by atoms with Gasteiger partial charge in [-0.05, 0) is 88.7 Å². The van der Waals surface area contributed by atoms with Crippen LogP contribution in [-0.2, 0) is 22.9 Å². The van der Waals surface area contributed by atoms with Gasteiger partial charge in [-0.1, -0.05) is 36.4 Å². The van der Waals surface area contributed by atoms with Crippen LogP contribution in [0.5, 0.6) is 0 Å². The molecule has 3 unspecified atom stereocenters. The van der Waals surface area contributed by atoms with Crippen molar-refractivity contribution in [3.05, 3.63) is 76.5 Å². The van der Waals surface area contributed by atoms with E-state index in [1.807, 2.05) is 6.07 Å². The van der Waals surface area contributed by atoms with Gasteiger partial charge in [0.15, 0.2) is 0 Å². The van der Waals surface area contributed by atoms with E-state index in [0.717, 1.165) is 25.7 Å². The molecule has 2 bridgehead atoms. The monoisotopic (exact) mass is 409 g/mol. The highest BCUT2D eigenvalue weighted by Gasteiger charge is 2.41. The van der Waals surface area contributed by atoms with Crippen LogP contribution in [0.25, 0.3) is 11.1 Å². The molecule has 0 spiro atoms. The fourth-order valence-corrected chi connectivity index (χ4v) is 6.92. The Balaban J connectivity index is 1.43. The Morgan fingerprint density at radius 2 is 1.61 bits per heavy atom. The number of benzene rings is 2. The average molecular weight is 410 g/mol. The molecule has 2 aliphatic carbocycles. The lowest BCUT2D eigenvalue weighted by atomic mass is 9.91. The van der Waals surface area contributed by atoms with E-state index in [9.17, 15) is 8.42 Å². The Kier molecular flexibility index (Phi) is 4.62. The lowest BCUT2D eigenvalue weighted by Gasteiger charge is -2.23. The Hall–Kier alpha value is -1.95. The van der Waals surface area contributed by atoms with Crippen molar-refractivity contribution in [2.45, 2.75) is 36.6 Å². The zero-order chi connectivity index (χ0) is 19.1. The predicted molar refractivity (Wildman–Crippen MR) is 114 cm³/mol. The first-order valence-corrected chi connectivity index (χ1v) is 12.2. The van der Waals surface area contributed by atoms with Gasteiger partial charge in [-0.2, -0.15) is 11.3 Å². The zero-order valence-electron chi connectivity index (χ0n) is 15.5. The molecule has 0 aliphatic heterocycles. The van der Waals surface area contributed by atoms with E-state index < -0.39 is 10.0 Å². The van der Waals surface area contributed by atoms with Crippen molar-refractivity contribution >= 4 is 21.4 Å². The molecule has 1 fully saturated rings. The van der Waals surface area contributed by atoms with Crippen LogP contribution in [0, 0.1) is 11.8 Å². The molecule has 0 radical (unpaired) electrons. The highest BCUT2D eigenvalue weighted by atomic mass is 32.2. The molecule has 3 aromatic rings. The van der Waals surface area contributed by atoms with Gasteiger partial charge in [-0.15, -0.1) is 0 Å². The highest BCUT2D eigenvalue weighted by molar-refractivity contribution is 7.89. The van der Waals surface area contributed by atoms with Crippen LogP contribution < -0.4 is 4.72 Å². The van der Waals surface area contributed by atoms with Gasteiger partial charge in [0.25, 0.3) is 0 Å². The number of hydrogen-bond donors (Lipinski definition) is 1. The Bertz CT molecular complexity index is 1080. The van der Waals surface area contributed by atoms with Crippen molar-refractivity contribution in [2.75, 3.05) is 0 Å². The summed E-state index contributed by atoms with van der Waals surface area (Å²) in [6, 6.07) is 17.7. The largest absolute Gasteiger partial charge is 0.240 e. The molecule has 144 valence electrons. The molecule has 5 rings (SSSR count). The molecule has 5 heteroatoms. The van der Waals surface area contributed by atoms with Gasteiger partial charge < -0.3 is 0 Å². The summed E-state index contributed by atoms with van der Waals surface area (Å²) >= 11 is 1.72. The summed E-state index contributed by atoms with van der Waals surface area (Å²) in [7, 11) is -3.48. The Labute approximate surface area is 170 Å². The molecule has 28 heavy (non-hydrogen) atoms. The number of nitrogens with one attached hydrogen (secondary N) is 1. The average Bonchev–Trinajstić information content (AvgIpc) is 3.31. The Morgan fingerprint density at radius 3 is 2.32 bits per heavy atom. The molecular formula is C23H23NO2S2. The molecule has 0 amide bonds. The van der Waals surface area contributed by atoms with Crippen LogP contribution in [0.3, 0.4) is 0 Å². The normalized spacial score (nSPS) is 23.9. The van der Waals surface area contributed by atoms with E-state index in [2.05, 4.69) is 39.7 Å². The molecule has 3 atom stereocenters. The fourth-order valence-electron chi connectivity index (χ4n) is 4.86. The molecule has 0 saturated heterocycles. The van der Waals surface area contributed by atoms with Crippen molar-refractivity contribution < 1.29 is 8.42 Å². The maximum Gasteiger partial charge on any atom is 0.240 e. The highest BCUT2D eigenvalue weighted by Crippen LogP contribution is 2.41. The minimum atomic E-state index is -3.48. The van der Waals surface area contributed by atoms with Crippen LogP contribution in [0.4, 0.5) is 0 Å². The predicted octanol–water partition coefficient (Wildman–Crippen LogP) is 4.89. The van der Waals surface area contributed by atoms with Gasteiger partial charge >= 0.3 is 0 Å². The standard InChI is InChI=1S/C23H23NO2S2/c25-28(26,22-4-2-1-3-5-22)24-23-18-8-9-19(23)14-21-13-16(6-7-17(21)12-18)20-10-11-27-15-20/h1-7,10-11,13,15,18-19,23-24H,8-9,12,14H2. The number of rotatable bonds is 4. The fraction of sp³-hybridized carbons (Fsp3) is 0.304. The molecule has 2 aliphatic rings. The SMILES string of the molecule is O=S(=O)(NC1C2CCC1Cc1cc(-c3ccsc3)ccc1C2)c1ccccc1. The van der Waals surface area contributed by atoms with Gasteiger partial charge in [-0.25, -0.2) is 13.1 Å². The van der Waals surface area contributed by atoms with Gasteiger partial charge in [0.1, 0.15) is 0 Å². The topological polar surface area (TPSA) is 46.2 Å². The minimum Gasteiger partial charge on any atom is -0.207 e. The van der Waals surface area contributed by atoms with E-state index in [1.54, 1.807) is 35.6 Å². The van der Waals surface area contributed by atoms with Crippen molar-refractivity contribution in [3.63, 3.8) is 0 Å². The Morgan fingerprint density at radius 1 is 0.857 bits per heavy atom. The number of fused-ring (bicyclic) bond motifs is 3. The van der Waals surface area contributed by atoms with E-state index in [4.69, 9.17) is 0 Å². The molecular weight excluding hydrogens is 386 g/mol. The van der Waals surface area contributed by atoms with Crippen molar-refractivity contribution in [3.8, 4) is 11.1 Å². The van der Waals surface area contributed by atoms with Gasteiger partial charge in [0.05, 0.1) is 4.90 Å².